The van der Waals surface area contributed by atoms with E-state index in [2.05, 4.69) is 13.8 Å². The van der Waals surface area contributed by atoms with Gasteiger partial charge in [0.1, 0.15) is 6.10 Å². The summed E-state index contributed by atoms with van der Waals surface area (Å²) in [6.07, 6.45) is 27.3. The maximum absolute atomic E-state index is 12.1. The molecule has 0 aromatic heterocycles. The van der Waals surface area contributed by atoms with Crippen LogP contribution in [0.2, 0.25) is 0 Å². The van der Waals surface area contributed by atoms with Crippen molar-refractivity contribution in [3.63, 3.8) is 0 Å². The zero-order chi connectivity index (χ0) is 22.1. The smallest absolute Gasteiger partial charge is 0.306 e. The van der Waals surface area contributed by atoms with Gasteiger partial charge in [0.2, 0.25) is 6.29 Å². The molecule has 0 heterocycles. The van der Waals surface area contributed by atoms with E-state index >= 15 is 0 Å². The summed E-state index contributed by atoms with van der Waals surface area (Å²) in [4.78, 5) is 22.8. The van der Waals surface area contributed by atoms with Crippen molar-refractivity contribution in [1.29, 1.82) is 0 Å². The van der Waals surface area contributed by atoms with Crippen molar-refractivity contribution in [1.82, 2.24) is 0 Å². The van der Waals surface area contributed by atoms with E-state index in [4.69, 9.17) is 4.74 Å². The van der Waals surface area contributed by atoms with Gasteiger partial charge in [0.15, 0.2) is 0 Å². The molecule has 177 valence electrons. The predicted octanol–water partition coefficient (Wildman–Crippen LogP) is 8.63. The molecule has 0 aliphatic rings. The number of unbranched alkanes of at least 4 members (excludes halogenated alkanes) is 17. The molecular weight excluding hydrogens is 372 g/mol. The summed E-state index contributed by atoms with van der Waals surface area (Å²) in [6, 6.07) is 0. The molecule has 0 N–H and O–H groups in total. The molecule has 1 unspecified atom stereocenters. The van der Waals surface area contributed by atoms with Crippen molar-refractivity contribution >= 4 is 12.3 Å². The van der Waals surface area contributed by atoms with Gasteiger partial charge in [-0.3, -0.25) is 9.59 Å². The third-order valence-corrected chi connectivity index (χ3v) is 5.97. The minimum Gasteiger partial charge on any atom is -0.462 e. The maximum atomic E-state index is 12.1. The molecule has 0 aliphatic heterocycles. The zero-order valence-corrected chi connectivity index (χ0v) is 20.4. The van der Waals surface area contributed by atoms with E-state index in [1.807, 2.05) is 6.29 Å². The second-order valence-corrected chi connectivity index (χ2v) is 9.01. The number of ether oxygens (including phenoxy) is 1. The van der Waals surface area contributed by atoms with Gasteiger partial charge in [-0.05, 0) is 19.3 Å². The van der Waals surface area contributed by atoms with E-state index in [-0.39, 0.29) is 18.5 Å². The first-order valence-corrected chi connectivity index (χ1v) is 13.3. The fourth-order valence-corrected chi connectivity index (χ4v) is 3.98. The highest BCUT2D eigenvalue weighted by atomic mass is 16.5. The number of carbonyl (C=O) groups is 1. The Labute approximate surface area is 188 Å². The van der Waals surface area contributed by atoms with Gasteiger partial charge in [-0.15, -0.1) is 0 Å². The van der Waals surface area contributed by atoms with Crippen molar-refractivity contribution in [2.75, 3.05) is 0 Å². The van der Waals surface area contributed by atoms with Gasteiger partial charge in [-0.25, -0.2) is 0 Å². The molecule has 0 amide bonds. The Morgan fingerprint density at radius 3 is 1.47 bits per heavy atom. The molecule has 1 radical (unpaired) electrons. The molecule has 0 aromatic rings. The molecule has 0 aliphatic carbocycles. The minimum absolute atomic E-state index is 0.134. The van der Waals surface area contributed by atoms with Crippen LogP contribution in [0.25, 0.3) is 0 Å². The quantitative estimate of drug-likeness (QED) is 0.115. The molecule has 0 saturated carbocycles. The molecule has 0 saturated heterocycles. The van der Waals surface area contributed by atoms with Crippen LogP contribution in [0.1, 0.15) is 155 Å². The Morgan fingerprint density at radius 2 is 1.03 bits per heavy atom. The Balaban J connectivity index is 3.56. The highest BCUT2D eigenvalue weighted by Crippen LogP contribution is 2.15. The Hall–Kier alpha value is -0.860. The summed E-state index contributed by atoms with van der Waals surface area (Å²) in [6.45, 7) is 4.49. The number of hydrogen-bond donors (Lipinski definition) is 0. The van der Waals surface area contributed by atoms with Crippen LogP contribution < -0.4 is 0 Å². The molecule has 0 fully saturated rings. The third kappa shape index (κ3) is 21.8. The van der Waals surface area contributed by atoms with Gasteiger partial charge in [-0.1, -0.05) is 123 Å². The van der Waals surface area contributed by atoms with Gasteiger partial charge in [0.05, 0.1) is 6.42 Å². The largest absolute Gasteiger partial charge is 0.462 e. The van der Waals surface area contributed by atoms with E-state index in [0.717, 1.165) is 32.1 Å². The minimum atomic E-state index is -0.261. The van der Waals surface area contributed by atoms with E-state index in [0.29, 0.717) is 6.42 Å². The van der Waals surface area contributed by atoms with Crippen LogP contribution in [0.5, 0.6) is 0 Å². The first-order valence-electron chi connectivity index (χ1n) is 13.3. The van der Waals surface area contributed by atoms with E-state index in [1.54, 1.807) is 0 Å². The first-order chi connectivity index (χ1) is 14.7. The SMILES string of the molecule is CCCCCCCCCCCCCCC(=O)OC(C[C]=O)CCCCCCCCC. The molecule has 1 atom stereocenters. The van der Waals surface area contributed by atoms with Crippen LogP contribution in [0, 0.1) is 0 Å². The molecular formula is C27H51O3. The average Bonchev–Trinajstić information content (AvgIpc) is 2.74. The third-order valence-electron chi connectivity index (χ3n) is 5.97. The number of carbonyl (C=O) groups excluding carboxylic acids is 2. The summed E-state index contributed by atoms with van der Waals surface area (Å²) in [5.41, 5.74) is 0. The first kappa shape index (κ1) is 29.1. The monoisotopic (exact) mass is 423 g/mol. The Kier molecular flexibility index (Phi) is 23.7. The highest BCUT2D eigenvalue weighted by Gasteiger charge is 2.14. The summed E-state index contributed by atoms with van der Waals surface area (Å²) < 4.78 is 5.53. The van der Waals surface area contributed by atoms with Gasteiger partial charge >= 0.3 is 5.97 Å². The van der Waals surface area contributed by atoms with Crippen LogP contribution >= 0.6 is 0 Å². The zero-order valence-electron chi connectivity index (χ0n) is 20.4. The van der Waals surface area contributed by atoms with Crippen molar-refractivity contribution in [2.45, 2.75) is 161 Å². The normalized spacial score (nSPS) is 12.1. The molecule has 0 bridgehead atoms. The molecule has 3 heteroatoms. The summed E-state index contributed by atoms with van der Waals surface area (Å²) >= 11 is 0. The van der Waals surface area contributed by atoms with Crippen molar-refractivity contribution in [3.8, 4) is 0 Å². The highest BCUT2D eigenvalue weighted by molar-refractivity contribution is 5.69. The lowest BCUT2D eigenvalue weighted by Gasteiger charge is -2.15. The average molecular weight is 424 g/mol. The van der Waals surface area contributed by atoms with Crippen LogP contribution in [-0.2, 0) is 14.3 Å². The standard InChI is InChI=1S/C27H51O3/c1-3-5-7-9-11-12-13-14-15-17-19-21-23-27(29)30-26(24-25-28)22-20-18-16-10-8-6-4-2/h26H,3-24H2,1-2H3. The molecule has 0 aromatic carbocycles. The van der Waals surface area contributed by atoms with Crippen LogP contribution in [0.15, 0.2) is 0 Å². The van der Waals surface area contributed by atoms with E-state index < -0.39 is 0 Å². The lowest BCUT2D eigenvalue weighted by Crippen LogP contribution is -2.18. The fraction of sp³-hybridized carbons (Fsp3) is 0.926. The van der Waals surface area contributed by atoms with E-state index in [1.165, 1.54) is 96.3 Å². The lowest BCUT2D eigenvalue weighted by atomic mass is 10.0. The fourth-order valence-electron chi connectivity index (χ4n) is 3.98. The van der Waals surface area contributed by atoms with Crippen molar-refractivity contribution in [2.24, 2.45) is 0 Å². The van der Waals surface area contributed by atoms with Gasteiger partial charge in [0.25, 0.3) is 0 Å². The molecule has 30 heavy (non-hydrogen) atoms. The van der Waals surface area contributed by atoms with Crippen molar-refractivity contribution in [3.05, 3.63) is 0 Å². The van der Waals surface area contributed by atoms with Gasteiger partial charge in [0, 0.05) is 6.42 Å². The topological polar surface area (TPSA) is 43.4 Å². The van der Waals surface area contributed by atoms with Crippen LogP contribution in [-0.4, -0.2) is 18.4 Å². The van der Waals surface area contributed by atoms with Gasteiger partial charge in [-0.2, -0.15) is 0 Å². The molecule has 3 nitrogen and oxygen atoms in total. The number of esters is 1. The van der Waals surface area contributed by atoms with Crippen molar-refractivity contribution < 1.29 is 14.3 Å². The Bertz CT molecular complexity index is 367. The van der Waals surface area contributed by atoms with E-state index in [9.17, 15) is 9.59 Å². The second-order valence-electron chi connectivity index (χ2n) is 9.01. The Morgan fingerprint density at radius 1 is 0.633 bits per heavy atom. The van der Waals surface area contributed by atoms with Crippen LogP contribution in [0.3, 0.4) is 0 Å². The van der Waals surface area contributed by atoms with Gasteiger partial charge < -0.3 is 4.74 Å². The predicted molar refractivity (Wildman–Crippen MR) is 128 cm³/mol. The van der Waals surface area contributed by atoms with Crippen LogP contribution in [0.4, 0.5) is 0 Å². The molecule has 0 spiro atoms. The summed E-state index contributed by atoms with van der Waals surface area (Å²) in [7, 11) is 0. The number of hydrogen-bond acceptors (Lipinski definition) is 3. The summed E-state index contributed by atoms with van der Waals surface area (Å²) in [5.74, 6) is -0.134. The lowest BCUT2D eigenvalue weighted by molar-refractivity contribution is -0.149. The summed E-state index contributed by atoms with van der Waals surface area (Å²) in [5, 5.41) is 0. The molecule has 0 rings (SSSR count). The number of rotatable bonds is 24. The maximum Gasteiger partial charge on any atom is 0.306 e. The second kappa shape index (κ2) is 24.4.